The molecule has 31 heavy (non-hydrogen) atoms. The average molecular weight is 436 g/mol. The lowest BCUT2D eigenvalue weighted by Crippen LogP contribution is -2.33. The summed E-state index contributed by atoms with van der Waals surface area (Å²) in [5, 5.41) is 12.6. The summed E-state index contributed by atoms with van der Waals surface area (Å²) in [4.78, 5) is 15.2. The van der Waals surface area contributed by atoms with Crippen molar-refractivity contribution in [3.05, 3.63) is 66.2 Å². The van der Waals surface area contributed by atoms with Gasteiger partial charge in [0.25, 0.3) is 0 Å². The SMILES string of the molecule is CC(Sc1nnc(N2CCCCC2)n1-c1ccccc1)C(=O)NC(C)c1ccccc1. The lowest BCUT2D eigenvalue weighted by Gasteiger charge is -2.28. The van der Waals surface area contributed by atoms with Crippen LogP contribution >= 0.6 is 11.8 Å². The predicted molar refractivity (Wildman–Crippen MR) is 126 cm³/mol. The Kier molecular flexibility index (Phi) is 6.92. The molecule has 6 nitrogen and oxygen atoms in total. The first-order valence-corrected chi connectivity index (χ1v) is 11.8. The molecule has 0 aliphatic carbocycles. The Morgan fingerprint density at radius 1 is 0.935 bits per heavy atom. The lowest BCUT2D eigenvalue weighted by molar-refractivity contribution is -0.120. The number of nitrogens with one attached hydrogen (secondary N) is 1. The molecule has 2 aromatic carbocycles. The van der Waals surface area contributed by atoms with Gasteiger partial charge in [-0.1, -0.05) is 60.3 Å². The molecule has 0 saturated carbocycles. The summed E-state index contributed by atoms with van der Waals surface area (Å²) in [5.74, 6) is 0.849. The van der Waals surface area contributed by atoms with Crippen LogP contribution in [0.25, 0.3) is 5.69 Å². The van der Waals surface area contributed by atoms with Crippen molar-refractivity contribution in [2.24, 2.45) is 0 Å². The molecule has 1 amide bonds. The minimum absolute atomic E-state index is 0.0107. The van der Waals surface area contributed by atoms with E-state index in [-0.39, 0.29) is 17.2 Å². The van der Waals surface area contributed by atoms with Crippen molar-refractivity contribution in [2.75, 3.05) is 18.0 Å². The quantitative estimate of drug-likeness (QED) is 0.549. The van der Waals surface area contributed by atoms with Crippen LogP contribution in [0.5, 0.6) is 0 Å². The molecule has 0 bridgehead atoms. The fourth-order valence-electron chi connectivity index (χ4n) is 3.81. The van der Waals surface area contributed by atoms with Gasteiger partial charge in [0, 0.05) is 13.1 Å². The number of nitrogens with zero attached hydrogens (tertiary/aromatic N) is 4. The van der Waals surface area contributed by atoms with Crippen LogP contribution in [-0.2, 0) is 4.79 Å². The van der Waals surface area contributed by atoms with Gasteiger partial charge < -0.3 is 10.2 Å². The summed E-state index contributed by atoms with van der Waals surface area (Å²) in [7, 11) is 0. The van der Waals surface area contributed by atoms with Gasteiger partial charge in [0.2, 0.25) is 11.9 Å². The molecule has 2 heterocycles. The molecule has 7 heteroatoms. The lowest BCUT2D eigenvalue weighted by atomic mass is 10.1. The second-order valence-electron chi connectivity index (χ2n) is 7.90. The second-order valence-corrected chi connectivity index (χ2v) is 9.21. The minimum Gasteiger partial charge on any atom is -0.349 e. The molecule has 1 saturated heterocycles. The number of thioether (sulfide) groups is 1. The number of anilines is 1. The highest BCUT2D eigenvalue weighted by atomic mass is 32.2. The Bertz CT molecular complexity index is 986. The van der Waals surface area contributed by atoms with E-state index in [9.17, 15) is 4.79 Å². The number of piperidine rings is 1. The summed E-state index contributed by atoms with van der Waals surface area (Å²) >= 11 is 1.45. The number of carbonyl (C=O) groups excluding carboxylic acids is 1. The third kappa shape index (κ3) is 5.10. The first kappa shape index (κ1) is 21.4. The largest absolute Gasteiger partial charge is 0.349 e. The van der Waals surface area contributed by atoms with Crippen molar-refractivity contribution >= 4 is 23.6 Å². The van der Waals surface area contributed by atoms with E-state index in [0.717, 1.165) is 35.4 Å². The Hall–Kier alpha value is -2.80. The van der Waals surface area contributed by atoms with Gasteiger partial charge in [-0.3, -0.25) is 9.36 Å². The first-order valence-electron chi connectivity index (χ1n) is 10.9. The average Bonchev–Trinajstić information content (AvgIpc) is 3.24. The van der Waals surface area contributed by atoms with Crippen molar-refractivity contribution in [1.82, 2.24) is 20.1 Å². The standard InChI is InChI=1S/C24H29N5OS/c1-18(20-12-6-3-7-13-20)25-22(30)19(2)31-24-27-26-23(28-16-10-5-11-17-28)29(24)21-14-8-4-9-15-21/h3-4,6-9,12-15,18-19H,5,10-11,16-17H2,1-2H3,(H,25,30). The summed E-state index contributed by atoms with van der Waals surface area (Å²) in [6.45, 7) is 5.90. The first-order chi connectivity index (χ1) is 15.1. The molecule has 1 aliphatic heterocycles. The fraction of sp³-hybridized carbons (Fsp3) is 0.375. The molecule has 2 atom stereocenters. The monoisotopic (exact) mass is 435 g/mol. The smallest absolute Gasteiger partial charge is 0.233 e. The van der Waals surface area contributed by atoms with E-state index in [2.05, 4.69) is 37.1 Å². The number of para-hydroxylation sites is 1. The van der Waals surface area contributed by atoms with Gasteiger partial charge in [0.1, 0.15) is 0 Å². The summed E-state index contributed by atoms with van der Waals surface area (Å²) in [5.41, 5.74) is 2.11. The van der Waals surface area contributed by atoms with Crippen molar-refractivity contribution in [2.45, 2.75) is 49.6 Å². The Morgan fingerprint density at radius 3 is 2.26 bits per heavy atom. The molecule has 1 aliphatic rings. The van der Waals surface area contributed by atoms with Crippen LogP contribution in [0, 0.1) is 0 Å². The molecule has 4 rings (SSSR count). The zero-order valence-corrected chi connectivity index (χ0v) is 18.9. The maximum Gasteiger partial charge on any atom is 0.233 e. The summed E-state index contributed by atoms with van der Waals surface area (Å²) in [6, 6.07) is 20.1. The topological polar surface area (TPSA) is 63.1 Å². The third-order valence-corrected chi connectivity index (χ3v) is 6.62. The molecule has 2 unspecified atom stereocenters. The van der Waals surface area contributed by atoms with E-state index in [1.165, 1.54) is 31.0 Å². The van der Waals surface area contributed by atoms with Crippen LogP contribution in [0.1, 0.15) is 44.7 Å². The third-order valence-electron chi connectivity index (χ3n) is 5.58. The van der Waals surface area contributed by atoms with Crippen LogP contribution in [0.4, 0.5) is 5.95 Å². The molecule has 1 aromatic heterocycles. The molecule has 1 N–H and O–H groups in total. The molecule has 0 radical (unpaired) electrons. The van der Waals surface area contributed by atoms with Crippen molar-refractivity contribution in [3.63, 3.8) is 0 Å². The van der Waals surface area contributed by atoms with Gasteiger partial charge in [0.15, 0.2) is 5.16 Å². The maximum absolute atomic E-state index is 12.9. The Labute approximate surface area is 188 Å². The fourth-order valence-corrected chi connectivity index (χ4v) is 4.68. The number of hydrogen-bond acceptors (Lipinski definition) is 5. The van der Waals surface area contributed by atoms with E-state index in [1.54, 1.807) is 0 Å². The summed E-state index contributed by atoms with van der Waals surface area (Å²) in [6.07, 6.45) is 3.59. The Morgan fingerprint density at radius 2 is 1.58 bits per heavy atom. The van der Waals surface area contributed by atoms with Crippen LogP contribution < -0.4 is 10.2 Å². The number of amides is 1. The molecular formula is C24H29N5OS. The normalized spacial score (nSPS) is 16.0. The summed E-state index contributed by atoms with van der Waals surface area (Å²) < 4.78 is 2.08. The van der Waals surface area contributed by atoms with Crippen molar-refractivity contribution in [3.8, 4) is 5.69 Å². The van der Waals surface area contributed by atoms with Crippen LogP contribution in [0.2, 0.25) is 0 Å². The Balaban J connectivity index is 1.53. The van der Waals surface area contributed by atoms with Gasteiger partial charge >= 0.3 is 0 Å². The zero-order chi connectivity index (χ0) is 21.6. The van der Waals surface area contributed by atoms with E-state index in [1.807, 2.05) is 62.4 Å². The van der Waals surface area contributed by atoms with Gasteiger partial charge in [-0.15, -0.1) is 10.2 Å². The van der Waals surface area contributed by atoms with E-state index >= 15 is 0 Å². The van der Waals surface area contributed by atoms with Crippen molar-refractivity contribution in [1.29, 1.82) is 0 Å². The highest BCUT2D eigenvalue weighted by Gasteiger charge is 2.25. The highest BCUT2D eigenvalue weighted by Crippen LogP contribution is 2.30. The predicted octanol–water partition coefficient (Wildman–Crippen LogP) is 4.62. The molecular weight excluding hydrogens is 406 g/mol. The van der Waals surface area contributed by atoms with Crippen LogP contribution in [-0.4, -0.2) is 39.0 Å². The van der Waals surface area contributed by atoms with E-state index in [4.69, 9.17) is 0 Å². The molecule has 0 spiro atoms. The molecule has 3 aromatic rings. The maximum atomic E-state index is 12.9. The van der Waals surface area contributed by atoms with Crippen LogP contribution in [0.3, 0.4) is 0 Å². The molecule has 1 fully saturated rings. The van der Waals surface area contributed by atoms with Gasteiger partial charge in [-0.25, -0.2) is 0 Å². The number of hydrogen-bond donors (Lipinski definition) is 1. The minimum atomic E-state index is -0.299. The molecule has 162 valence electrons. The number of benzene rings is 2. The number of rotatable bonds is 7. The number of carbonyl (C=O) groups is 1. The highest BCUT2D eigenvalue weighted by molar-refractivity contribution is 8.00. The van der Waals surface area contributed by atoms with E-state index < -0.39 is 0 Å². The van der Waals surface area contributed by atoms with E-state index in [0.29, 0.717) is 0 Å². The van der Waals surface area contributed by atoms with Gasteiger partial charge in [-0.2, -0.15) is 0 Å². The second kappa shape index (κ2) is 10.0. The zero-order valence-electron chi connectivity index (χ0n) is 18.1. The van der Waals surface area contributed by atoms with Crippen molar-refractivity contribution < 1.29 is 4.79 Å². The van der Waals surface area contributed by atoms with Gasteiger partial charge in [-0.05, 0) is 50.8 Å². The van der Waals surface area contributed by atoms with Crippen LogP contribution in [0.15, 0.2) is 65.8 Å². The number of aromatic nitrogens is 3. The van der Waals surface area contributed by atoms with Gasteiger partial charge in [0.05, 0.1) is 17.0 Å².